The molecular weight excluding hydrogens is 272 g/mol. The Morgan fingerprint density at radius 2 is 2.00 bits per heavy atom. The maximum absolute atomic E-state index is 12.4. The highest BCUT2D eigenvalue weighted by Gasteiger charge is 2.42. The van der Waals surface area contributed by atoms with Gasteiger partial charge in [0.2, 0.25) is 0 Å². The Labute approximate surface area is 124 Å². The van der Waals surface area contributed by atoms with Crippen LogP contribution in [0.4, 0.5) is 4.79 Å². The third kappa shape index (κ3) is 3.31. The summed E-state index contributed by atoms with van der Waals surface area (Å²) >= 11 is 0. The molecule has 1 aliphatic carbocycles. The standard InChI is InChI=1S/C15H24N2O4/c1-9-6-11(14(18)19)8-17(7-9)15(20)16-12-4-5-21-13(12)10-2-3-10/h9-13H,2-8H2,1H3,(H,16,20)(H,18,19). The molecule has 21 heavy (non-hydrogen) atoms. The molecule has 0 aromatic carbocycles. The van der Waals surface area contributed by atoms with Crippen LogP contribution < -0.4 is 5.32 Å². The number of aliphatic carboxylic acids is 1. The van der Waals surface area contributed by atoms with Crippen LogP contribution in [-0.2, 0) is 9.53 Å². The summed E-state index contributed by atoms with van der Waals surface area (Å²) in [5.74, 6) is -0.424. The molecule has 0 spiro atoms. The van der Waals surface area contributed by atoms with Crippen molar-refractivity contribution >= 4 is 12.0 Å². The van der Waals surface area contributed by atoms with Gasteiger partial charge in [-0.05, 0) is 37.5 Å². The summed E-state index contributed by atoms with van der Waals surface area (Å²) in [4.78, 5) is 25.3. The zero-order valence-electron chi connectivity index (χ0n) is 12.5. The van der Waals surface area contributed by atoms with E-state index in [4.69, 9.17) is 4.74 Å². The Hall–Kier alpha value is -1.30. The van der Waals surface area contributed by atoms with Crippen molar-refractivity contribution in [3.05, 3.63) is 0 Å². The van der Waals surface area contributed by atoms with E-state index in [-0.39, 0.29) is 24.1 Å². The minimum absolute atomic E-state index is 0.0884. The first-order chi connectivity index (χ1) is 10.0. The summed E-state index contributed by atoms with van der Waals surface area (Å²) in [5.41, 5.74) is 0. The van der Waals surface area contributed by atoms with E-state index in [1.54, 1.807) is 4.90 Å². The number of urea groups is 1. The molecule has 4 atom stereocenters. The molecule has 3 aliphatic rings. The number of carbonyl (C=O) groups excluding carboxylic acids is 1. The Morgan fingerprint density at radius 1 is 1.24 bits per heavy atom. The van der Waals surface area contributed by atoms with Crippen LogP contribution >= 0.6 is 0 Å². The largest absolute Gasteiger partial charge is 0.481 e. The third-order valence-corrected chi connectivity index (χ3v) is 4.83. The van der Waals surface area contributed by atoms with Gasteiger partial charge in [-0.3, -0.25) is 4.79 Å². The van der Waals surface area contributed by atoms with Crippen LogP contribution in [0.5, 0.6) is 0 Å². The zero-order valence-corrected chi connectivity index (χ0v) is 12.5. The first kappa shape index (κ1) is 14.6. The van der Waals surface area contributed by atoms with E-state index in [1.165, 1.54) is 12.8 Å². The van der Waals surface area contributed by atoms with Crippen LogP contribution in [0, 0.1) is 17.8 Å². The smallest absolute Gasteiger partial charge is 0.317 e. The van der Waals surface area contributed by atoms with Crippen molar-refractivity contribution in [2.24, 2.45) is 17.8 Å². The van der Waals surface area contributed by atoms with Gasteiger partial charge in [-0.2, -0.15) is 0 Å². The summed E-state index contributed by atoms with van der Waals surface area (Å²) < 4.78 is 5.73. The molecule has 2 amide bonds. The van der Waals surface area contributed by atoms with Gasteiger partial charge in [-0.1, -0.05) is 6.92 Å². The second kappa shape index (κ2) is 5.83. The Kier molecular flexibility index (Phi) is 4.06. The molecule has 0 bridgehead atoms. The van der Waals surface area contributed by atoms with E-state index in [0.717, 1.165) is 6.42 Å². The van der Waals surface area contributed by atoms with Crippen LogP contribution in [0.1, 0.15) is 32.6 Å². The van der Waals surface area contributed by atoms with Crippen molar-refractivity contribution < 1.29 is 19.4 Å². The molecule has 0 aromatic rings. The SMILES string of the molecule is CC1CC(C(=O)O)CN(C(=O)NC2CCOC2C2CC2)C1. The molecule has 0 aromatic heterocycles. The molecular formula is C15H24N2O4. The van der Waals surface area contributed by atoms with Gasteiger partial charge < -0.3 is 20.1 Å². The van der Waals surface area contributed by atoms with Crippen LogP contribution in [-0.4, -0.2) is 53.8 Å². The number of hydrogen-bond donors (Lipinski definition) is 2. The van der Waals surface area contributed by atoms with Gasteiger partial charge in [-0.15, -0.1) is 0 Å². The lowest BCUT2D eigenvalue weighted by molar-refractivity contribution is -0.143. The molecule has 3 fully saturated rings. The van der Waals surface area contributed by atoms with Crippen molar-refractivity contribution in [3.8, 4) is 0 Å². The molecule has 2 saturated heterocycles. The lowest BCUT2D eigenvalue weighted by Crippen LogP contribution is -2.53. The van der Waals surface area contributed by atoms with Gasteiger partial charge in [0.25, 0.3) is 0 Å². The normalized spacial score (nSPS) is 36.5. The molecule has 6 heteroatoms. The molecule has 0 radical (unpaired) electrons. The number of piperidine rings is 1. The van der Waals surface area contributed by atoms with Crippen LogP contribution in [0.2, 0.25) is 0 Å². The maximum atomic E-state index is 12.4. The van der Waals surface area contributed by atoms with Gasteiger partial charge in [0, 0.05) is 19.7 Å². The quantitative estimate of drug-likeness (QED) is 0.823. The number of carboxylic acids is 1. The van der Waals surface area contributed by atoms with Crippen LogP contribution in [0.25, 0.3) is 0 Å². The average Bonchev–Trinajstić information content (AvgIpc) is 3.18. The summed E-state index contributed by atoms with van der Waals surface area (Å²) in [6.07, 6.45) is 4.05. The predicted octanol–water partition coefficient (Wildman–Crippen LogP) is 1.31. The average molecular weight is 296 g/mol. The number of ether oxygens (including phenoxy) is 1. The number of carboxylic acid groups (broad SMARTS) is 1. The van der Waals surface area contributed by atoms with E-state index in [9.17, 15) is 14.7 Å². The number of amides is 2. The fourth-order valence-electron chi connectivity index (χ4n) is 3.60. The fourth-order valence-corrected chi connectivity index (χ4v) is 3.60. The third-order valence-electron chi connectivity index (χ3n) is 4.83. The maximum Gasteiger partial charge on any atom is 0.317 e. The molecule has 3 rings (SSSR count). The number of rotatable bonds is 3. The molecule has 118 valence electrons. The lowest BCUT2D eigenvalue weighted by atomic mass is 9.91. The first-order valence-electron chi connectivity index (χ1n) is 7.94. The van der Waals surface area contributed by atoms with Crippen molar-refractivity contribution in [3.63, 3.8) is 0 Å². The van der Waals surface area contributed by atoms with E-state index >= 15 is 0 Å². The van der Waals surface area contributed by atoms with Crippen molar-refractivity contribution in [2.45, 2.75) is 44.8 Å². The molecule has 4 unspecified atom stereocenters. The molecule has 1 saturated carbocycles. The second-order valence-corrected chi connectivity index (χ2v) is 6.80. The van der Waals surface area contributed by atoms with E-state index in [0.29, 0.717) is 32.0 Å². The highest BCUT2D eigenvalue weighted by atomic mass is 16.5. The van der Waals surface area contributed by atoms with Crippen molar-refractivity contribution in [2.75, 3.05) is 19.7 Å². The summed E-state index contributed by atoms with van der Waals surface area (Å²) in [7, 11) is 0. The number of nitrogens with zero attached hydrogens (tertiary/aromatic N) is 1. The summed E-state index contributed by atoms with van der Waals surface area (Å²) in [5, 5.41) is 12.3. The van der Waals surface area contributed by atoms with Crippen molar-refractivity contribution in [1.82, 2.24) is 10.2 Å². The number of hydrogen-bond acceptors (Lipinski definition) is 3. The van der Waals surface area contributed by atoms with Gasteiger partial charge in [-0.25, -0.2) is 4.79 Å². The van der Waals surface area contributed by atoms with Crippen LogP contribution in [0.3, 0.4) is 0 Å². The zero-order chi connectivity index (χ0) is 15.0. The van der Waals surface area contributed by atoms with Gasteiger partial charge in [0.15, 0.2) is 0 Å². The highest BCUT2D eigenvalue weighted by Crippen LogP contribution is 2.38. The monoisotopic (exact) mass is 296 g/mol. The topological polar surface area (TPSA) is 78.9 Å². The molecule has 2 heterocycles. The number of nitrogens with one attached hydrogen (secondary N) is 1. The van der Waals surface area contributed by atoms with Crippen LogP contribution in [0.15, 0.2) is 0 Å². The number of likely N-dealkylation sites (tertiary alicyclic amines) is 1. The van der Waals surface area contributed by atoms with Crippen molar-refractivity contribution in [1.29, 1.82) is 0 Å². The molecule has 2 N–H and O–H groups in total. The van der Waals surface area contributed by atoms with Gasteiger partial charge >= 0.3 is 12.0 Å². The van der Waals surface area contributed by atoms with E-state index in [2.05, 4.69) is 5.32 Å². The van der Waals surface area contributed by atoms with Gasteiger partial charge in [0.05, 0.1) is 18.1 Å². The Bertz CT molecular complexity index is 424. The summed E-state index contributed by atoms with van der Waals surface area (Å²) in [6, 6.07) is -0.0422. The van der Waals surface area contributed by atoms with Gasteiger partial charge in [0.1, 0.15) is 0 Å². The lowest BCUT2D eigenvalue weighted by Gasteiger charge is -2.35. The fraction of sp³-hybridized carbons (Fsp3) is 0.867. The second-order valence-electron chi connectivity index (χ2n) is 6.80. The minimum atomic E-state index is -0.806. The van der Waals surface area contributed by atoms with E-state index in [1.807, 2.05) is 6.92 Å². The predicted molar refractivity (Wildman–Crippen MR) is 75.9 cm³/mol. The molecule has 2 aliphatic heterocycles. The summed E-state index contributed by atoms with van der Waals surface area (Å²) in [6.45, 7) is 3.66. The highest BCUT2D eigenvalue weighted by molar-refractivity contribution is 5.77. The number of carbonyl (C=O) groups is 2. The molecule has 6 nitrogen and oxygen atoms in total. The minimum Gasteiger partial charge on any atom is -0.481 e. The van der Waals surface area contributed by atoms with E-state index < -0.39 is 11.9 Å². The Morgan fingerprint density at radius 3 is 2.67 bits per heavy atom. The Balaban J connectivity index is 1.57. The first-order valence-corrected chi connectivity index (χ1v) is 7.94.